The molecule has 0 fully saturated rings. The Balaban J connectivity index is 1.70. The number of aromatic amines is 2. The van der Waals surface area contributed by atoms with Crippen molar-refractivity contribution in [1.82, 2.24) is 10.2 Å². The Morgan fingerprint density at radius 1 is 1.15 bits per heavy atom. The predicted molar refractivity (Wildman–Crippen MR) is 82.9 cm³/mol. The van der Waals surface area contributed by atoms with Crippen LogP contribution in [0.1, 0.15) is 4.88 Å². The lowest BCUT2D eigenvalue weighted by molar-refractivity contribution is 1.06. The van der Waals surface area contributed by atoms with Gasteiger partial charge in [0.1, 0.15) is 0 Å². The van der Waals surface area contributed by atoms with E-state index in [-0.39, 0.29) is 5.56 Å². The topological polar surface area (TPSA) is 86.7 Å². The molecule has 3 rings (SSSR count). The summed E-state index contributed by atoms with van der Waals surface area (Å²) in [7, 11) is 0. The van der Waals surface area contributed by atoms with Crippen molar-refractivity contribution in [3.05, 3.63) is 57.0 Å². The first kappa shape index (κ1) is 12.6. The van der Waals surface area contributed by atoms with Gasteiger partial charge in [0.15, 0.2) is 0 Å². The molecule has 2 aromatic heterocycles. The average Bonchev–Trinajstić information content (AvgIpc) is 3.06. The fraction of sp³-hybridized carbons (Fsp3) is 0.0714. The molecule has 0 bridgehead atoms. The van der Waals surface area contributed by atoms with Crippen LogP contribution in [0.4, 0.5) is 11.4 Å². The summed E-state index contributed by atoms with van der Waals surface area (Å²) in [6.07, 6.45) is 0. The number of aromatic nitrogens is 2. The average molecular weight is 286 g/mol. The van der Waals surface area contributed by atoms with Crippen molar-refractivity contribution in [1.29, 1.82) is 0 Å². The third-order valence-corrected chi connectivity index (χ3v) is 3.96. The summed E-state index contributed by atoms with van der Waals surface area (Å²) in [4.78, 5) is 12.2. The zero-order chi connectivity index (χ0) is 13.9. The third kappa shape index (κ3) is 2.60. The molecule has 0 saturated heterocycles. The largest absolute Gasteiger partial charge is 0.398 e. The van der Waals surface area contributed by atoms with Crippen molar-refractivity contribution >= 4 is 22.7 Å². The number of thiophene rings is 1. The van der Waals surface area contributed by atoms with Crippen LogP contribution in [-0.4, -0.2) is 10.2 Å². The van der Waals surface area contributed by atoms with Crippen LogP contribution in [0.15, 0.2) is 46.6 Å². The number of nitrogen functional groups attached to an aromatic ring is 1. The number of nitrogens with one attached hydrogen (secondary N) is 3. The van der Waals surface area contributed by atoms with Crippen LogP contribution >= 0.6 is 11.3 Å². The maximum absolute atomic E-state index is 11.1. The molecular formula is C14H14N4OS. The number of rotatable bonds is 4. The number of anilines is 2. The SMILES string of the molecule is Nc1ccsc1CNc1ccc(-c2cc(=O)[nH][nH]2)cc1. The molecule has 6 heteroatoms. The van der Waals surface area contributed by atoms with Crippen LogP contribution in [0, 0.1) is 0 Å². The molecule has 0 aliphatic rings. The van der Waals surface area contributed by atoms with E-state index in [2.05, 4.69) is 15.5 Å². The van der Waals surface area contributed by atoms with Gasteiger partial charge in [0, 0.05) is 22.3 Å². The second kappa shape index (κ2) is 5.26. The lowest BCUT2D eigenvalue weighted by Gasteiger charge is -2.06. The van der Waals surface area contributed by atoms with E-state index >= 15 is 0 Å². The lowest BCUT2D eigenvalue weighted by atomic mass is 10.1. The molecule has 2 heterocycles. The van der Waals surface area contributed by atoms with Gasteiger partial charge in [0.25, 0.3) is 5.56 Å². The minimum atomic E-state index is -0.129. The number of H-pyrrole nitrogens is 2. The normalized spacial score (nSPS) is 10.6. The van der Waals surface area contributed by atoms with Gasteiger partial charge in [0.05, 0.1) is 12.2 Å². The Hall–Kier alpha value is -2.47. The van der Waals surface area contributed by atoms with E-state index in [0.717, 1.165) is 27.5 Å². The van der Waals surface area contributed by atoms with Gasteiger partial charge in [0.2, 0.25) is 0 Å². The molecule has 0 spiro atoms. The first-order valence-electron chi connectivity index (χ1n) is 6.16. The van der Waals surface area contributed by atoms with Gasteiger partial charge >= 0.3 is 0 Å². The molecule has 5 N–H and O–H groups in total. The summed E-state index contributed by atoms with van der Waals surface area (Å²) in [5.74, 6) is 0. The molecule has 0 aliphatic carbocycles. The lowest BCUT2D eigenvalue weighted by Crippen LogP contribution is -1.99. The van der Waals surface area contributed by atoms with E-state index in [1.54, 1.807) is 11.3 Å². The molecule has 0 atom stereocenters. The van der Waals surface area contributed by atoms with E-state index in [0.29, 0.717) is 6.54 Å². The van der Waals surface area contributed by atoms with E-state index in [9.17, 15) is 4.79 Å². The van der Waals surface area contributed by atoms with Crippen LogP contribution in [0.5, 0.6) is 0 Å². The predicted octanol–water partition coefficient (Wildman–Crippen LogP) is 2.63. The number of hydrogen-bond acceptors (Lipinski definition) is 4. The molecule has 0 amide bonds. The van der Waals surface area contributed by atoms with Crippen molar-refractivity contribution in [3.63, 3.8) is 0 Å². The van der Waals surface area contributed by atoms with Gasteiger partial charge in [-0.1, -0.05) is 12.1 Å². The fourth-order valence-electron chi connectivity index (χ4n) is 1.93. The second-order valence-electron chi connectivity index (χ2n) is 4.40. The highest BCUT2D eigenvalue weighted by Gasteiger charge is 2.02. The summed E-state index contributed by atoms with van der Waals surface area (Å²) in [6.45, 7) is 0.712. The molecule has 3 aromatic rings. The summed E-state index contributed by atoms with van der Waals surface area (Å²) in [5.41, 5.74) is 9.29. The quantitative estimate of drug-likeness (QED) is 0.594. The van der Waals surface area contributed by atoms with E-state index in [4.69, 9.17) is 5.73 Å². The van der Waals surface area contributed by atoms with Crippen molar-refractivity contribution in [2.24, 2.45) is 0 Å². The summed E-state index contributed by atoms with van der Waals surface area (Å²) >= 11 is 1.64. The highest BCUT2D eigenvalue weighted by molar-refractivity contribution is 7.10. The maximum Gasteiger partial charge on any atom is 0.264 e. The highest BCUT2D eigenvalue weighted by Crippen LogP contribution is 2.22. The minimum absolute atomic E-state index is 0.129. The smallest absolute Gasteiger partial charge is 0.264 e. The Bertz CT molecular complexity index is 754. The van der Waals surface area contributed by atoms with Crippen molar-refractivity contribution in [3.8, 4) is 11.3 Å². The van der Waals surface area contributed by atoms with Crippen LogP contribution in [0.3, 0.4) is 0 Å². The van der Waals surface area contributed by atoms with E-state index in [1.165, 1.54) is 6.07 Å². The Labute approximate surface area is 119 Å². The van der Waals surface area contributed by atoms with Gasteiger partial charge in [-0.05, 0) is 29.1 Å². The molecule has 102 valence electrons. The number of hydrogen-bond donors (Lipinski definition) is 4. The zero-order valence-electron chi connectivity index (χ0n) is 10.6. The molecule has 5 nitrogen and oxygen atoms in total. The molecule has 20 heavy (non-hydrogen) atoms. The Kier molecular flexibility index (Phi) is 3.30. The van der Waals surface area contributed by atoms with Crippen LogP contribution < -0.4 is 16.6 Å². The van der Waals surface area contributed by atoms with Crippen molar-refractivity contribution in [2.75, 3.05) is 11.1 Å². The fourth-order valence-corrected chi connectivity index (χ4v) is 2.67. The molecule has 0 radical (unpaired) electrons. The Morgan fingerprint density at radius 3 is 2.55 bits per heavy atom. The zero-order valence-corrected chi connectivity index (χ0v) is 11.5. The van der Waals surface area contributed by atoms with Gasteiger partial charge < -0.3 is 11.1 Å². The van der Waals surface area contributed by atoms with E-state index in [1.807, 2.05) is 35.7 Å². The van der Waals surface area contributed by atoms with Gasteiger partial charge in [-0.15, -0.1) is 11.3 Å². The minimum Gasteiger partial charge on any atom is -0.398 e. The molecule has 1 aromatic carbocycles. The van der Waals surface area contributed by atoms with Crippen LogP contribution in [-0.2, 0) is 6.54 Å². The molecule has 0 unspecified atom stereocenters. The molecule has 0 aliphatic heterocycles. The highest BCUT2D eigenvalue weighted by atomic mass is 32.1. The number of benzene rings is 1. The maximum atomic E-state index is 11.1. The Morgan fingerprint density at radius 2 is 1.95 bits per heavy atom. The first-order valence-corrected chi connectivity index (χ1v) is 7.04. The third-order valence-electron chi connectivity index (χ3n) is 3.02. The summed E-state index contributed by atoms with van der Waals surface area (Å²) < 4.78 is 0. The van der Waals surface area contributed by atoms with Gasteiger partial charge in [-0.2, -0.15) is 0 Å². The van der Waals surface area contributed by atoms with Gasteiger partial charge in [-0.25, -0.2) is 0 Å². The van der Waals surface area contributed by atoms with Crippen LogP contribution in [0.2, 0.25) is 0 Å². The summed E-state index contributed by atoms with van der Waals surface area (Å²) in [6, 6.07) is 11.3. The van der Waals surface area contributed by atoms with Gasteiger partial charge in [-0.3, -0.25) is 15.0 Å². The first-order chi connectivity index (χ1) is 9.72. The van der Waals surface area contributed by atoms with Crippen molar-refractivity contribution < 1.29 is 0 Å². The van der Waals surface area contributed by atoms with Crippen LogP contribution in [0.25, 0.3) is 11.3 Å². The second-order valence-corrected chi connectivity index (χ2v) is 5.40. The number of nitrogens with two attached hydrogens (primary N) is 1. The molecule has 0 saturated carbocycles. The monoisotopic (exact) mass is 286 g/mol. The standard InChI is InChI=1S/C14H14N4OS/c15-11-5-6-20-13(11)8-16-10-3-1-9(2-4-10)12-7-14(19)18-17-12/h1-7,16H,8,15H2,(H2,17,18,19). The van der Waals surface area contributed by atoms with E-state index < -0.39 is 0 Å². The van der Waals surface area contributed by atoms with Crippen molar-refractivity contribution in [2.45, 2.75) is 6.54 Å². The summed E-state index contributed by atoms with van der Waals surface area (Å²) in [5, 5.41) is 10.7. The molecular weight excluding hydrogens is 272 g/mol.